The van der Waals surface area contributed by atoms with Crippen LogP contribution in [-0.4, -0.2) is 33.6 Å². The Labute approximate surface area is 127 Å². The van der Waals surface area contributed by atoms with Crippen LogP contribution in [0.25, 0.3) is 0 Å². The summed E-state index contributed by atoms with van der Waals surface area (Å²) in [6, 6.07) is 5.72. The maximum atomic E-state index is 12.5. The molecule has 3 heterocycles. The van der Waals surface area contributed by atoms with Gasteiger partial charge in [-0.1, -0.05) is 0 Å². The van der Waals surface area contributed by atoms with E-state index in [2.05, 4.69) is 20.2 Å². The minimum Gasteiger partial charge on any atom is -0.396 e. The molecule has 0 saturated heterocycles. The third-order valence-corrected chi connectivity index (χ3v) is 4.04. The van der Waals surface area contributed by atoms with Crippen molar-refractivity contribution in [1.82, 2.24) is 9.97 Å². The Balaban J connectivity index is 1.94. The van der Waals surface area contributed by atoms with Gasteiger partial charge in [-0.25, -0.2) is 9.97 Å². The first kappa shape index (κ1) is 13.2. The molecule has 2 aromatic heterocycles. The Morgan fingerprint density at radius 3 is 2.82 bits per heavy atom. The Morgan fingerprint density at radius 2 is 2.05 bits per heavy atom. The Hall–Kier alpha value is -2.47. The molecular weight excluding hydrogens is 280 g/mol. The summed E-state index contributed by atoms with van der Waals surface area (Å²) in [5.41, 5.74) is 2.13. The largest absolute Gasteiger partial charge is 0.396 e. The number of hydrogen-bond acceptors (Lipinski definition) is 5. The summed E-state index contributed by atoms with van der Waals surface area (Å²) in [6.07, 6.45) is 6.03. The second kappa shape index (κ2) is 5.06. The zero-order valence-electron chi connectivity index (χ0n) is 12.0. The molecule has 1 aliphatic heterocycles. The highest BCUT2D eigenvalue weighted by Crippen LogP contribution is 2.43. The van der Waals surface area contributed by atoms with Gasteiger partial charge in [0, 0.05) is 25.0 Å². The second-order valence-corrected chi connectivity index (χ2v) is 5.57. The number of aliphatic hydroxyl groups is 1. The van der Waals surface area contributed by atoms with Gasteiger partial charge in [0.1, 0.15) is 5.82 Å². The summed E-state index contributed by atoms with van der Waals surface area (Å²) in [5.74, 6) is 1.20. The Morgan fingerprint density at radius 1 is 1.23 bits per heavy atom. The van der Waals surface area contributed by atoms with Crippen molar-refractivity contribution in [1.29, 1.82) is 0 Å². The molecule has 1 aliphatic carbocycles. The third kappa shape index (κ3) is 2.03. The summed E-state index contributed by atoms with van der Waals surface area (Å²) >= 11 is 0. The highest BCUT2D eigenvalue weighted by Gasteiger charge is 2.38. The molecule has 0 unspecified atom stereocenters. The van der Waals surface area contributed by atoms with Crippen molar-refractivity contribution in [2.75, 3.05) is 16.8 Å². The van der Waals surface area contributed by atoms with Gasteiger partial charge in [0.25, 0.3) is 5.91 Å². The van der Waals surface area contributed by atoms with E-state index in [1.165, 1.54) is 0 Å². The van der Waals surface area contributed by atoms with Crippen LogP contribution in [0.3, 0.4) is 0 Å². The number of rotatable bonds is 3. The molecule has 2 aromatic rings. The smallest absolute Gasteiger partial charge is 0.259 e. The number of aromatic nitrogens is 2. The normalized spacial score (nSPS) is 16.6. The number of pyridine rings is 2. The number of amides is 1. The van der Waals surface area contributed by atoms with Crippen molar-refractivity contribution < 1.29 is 9.90 Å². The quantitative estimate of drug-likeness (QED) is 0.904. The average Bonchev–Trinajstić information content (AvgIpc) is 3.35. The van der Waals surface area contributed by atoms with Crippen LogP contribution >= 0.6 is 0 Å². The van der Waals surface area contributed by atoms with Crippen LogP contribution < -0.4 is 10.2 Å². The van der Waals surface area contributed by atoms with Gasteiger partial charge >= 0.3 is 0 Å². The monoisotopic (exact) mass is 296 g/mol. The number of hydrogen-bond donors (Lipinski definition) is 2. The molecule has 2 aliphatic rings. The van der Waals surface area contributed by atoms with Crippen LogP contribution in [0.1, 0.15) is 28.8 Å². The lowest BCUT2D eigenvalue weighted by Crippen LogP contribution is -2.22. The first-order valence-corrected chi connectivity index (χ1v) is 7.44. The summed E-state index contributed by atoms with van der Waals surface area (Å²) in [5, 5.41) is 12.2. The number of fused-ring (bicyclic) bond motifs is 2. The van der Waals surface area contributed by atoms with Crippen LogP contribution in [0, 0.1) is 0 Å². The molecule has 0 atom stereocenters. The molecule has 6 heteroatoms. The summed E-state index contributed by atoms with van der Waals surface area (Å²) < 4.78 is 0. The molecule has 0 radical (unpaired) electrons. The Kier molecular flexibility index (Phi) is 3.04. The summed E-state index contributed by atoms with van der Waals surface area (Å²) in [4.78, 5) is 23.5. The van der Waals surface area contributed by atoms with Crippen LogP contribution in [-0.2, 0) is 6.42 Å². The highest BCUT2D eigenvalue weighted by atomic mass is 16.3. The van der Waals surface area contributed by atoms with E-state index in [1.54, 1.807) is 24.5 Å². The molecule has 1 amide bonds. The van der Waals surface area contributed by atoms with Gasteiger partial charge in [-0.05, 0) is 43.0 Å². The van der Waals surface area contributed by atoms with E-state index in [1.807, 2.05) is 6.07 Å². The maximum absolute atomic E-state index is 12.5. The highest BCUT2D eigenvalue weighted by molar-refractivity contribution is 6.11. The van der Waals surface area contributed by atoms with E-state index < -0.39 is 0 Å². The predicted molar refractivity (Wildman–Crippen MR) is 82.4 cm³/mol. The molecule has 0 spiro atoms. The first-order valence-electron chi connectivity index (χ1n) is 7.44. The second-order valence-electron chi connectivity index (χ2n) is 5.57. The number of nitrogens with one attached hydrogen (secondary N) is 1. The van der Waals surface area contributed by atoms with Crippen LogP contribution in [0.2, 0.25) is 0 Å². The molecule has 1 saturated carbocycles. The van der Waals surface area contributed by atoms with Gasteiger partial charge in [-0.15, -0.1) is 0 Å². The third-order valence-electron chi connectivity index (χ3n) is 4.04. The molecule has 0 aromatic carbocycles. The van der Waals surface area contributed by atoms with E-state index in [0.29, 0.717) is 29.5 Å². The van der Waals surface area contributed by atoms with Gasteiger partial charge in [-0.3, -0.25) is 4.79 Å². The molecule has 1 fully saturated rings. The molecule has 2 N–H and O–H groups in total. The van der Waals surface area contributed by atoms with Crippen molar-refractivity contribution in [2.45, 2.75) is 25.3 Å². The maximum Gasteiger partial charge on any atom is 0.259 e. The fourth-order valence-corrected chi connectivity index (χ4v) is 2.86. The molecule has 0 bridgehead atoms. The minimum atomic E-state index is -0.181. The zero-order chi connectivity index (χ0) is 15.1. The van der Waals surface area contributed by atoms with Crippen molar-refractivity contribution >= 4 is 23.2 Å². The van der Waals surface area contributed by atoms with Crippen molar-refractivity contribution in [2.24, 2.45) is 0 Å². The van der Waals surface area contributed by atoms with Crippen molar-refractivity contribution in [3.63, 3.8) is 0 Å². The van der Waals surface area contributed by atoms with Crippen LogP contribution in [0.4, 0.5) is 17.3 Å². The average molecular weight is 296 g/mol. The van der Waals surface area contributed by atoms with Gasteiger partial charge in [0.2, 0.25) is 0 Å². The lowest BCUT2D eigenvalue weighted by atomic mass is 10.1. The topological polar surface area (TPSA) is 78.3 Å². The molecule has 6 nitrogen and oxygen atoms in total. The zero-order valence-corrected chi connectivity index (χ0v) is 12.0. The molecular formula is C16H16N4O2. The SMILES string of the molecule is O=C1Nc2c(CCO)ccnc2N(C2CC2)c2ncccc21. The van der Waals surface area contributed by atoms with Gasteiger partial charge < -0.3 is 15.3 Å². The van der Waals surface area contributed by atoms with E-state index in [4.69, 9.17) is 0 Å². The molecule has 22 heavy (non-hydrogen) atoms. The standard InChI is InChI=1S/C16H16N4O2/c21-9-6-10-5-8-18-15-13(10)19-16(22)12-2-1-7-17-14(12)20(15)11-3-4-11/h1-2,5,7-8,11,21H,3-4,6,9H2,(H,19,22). The predicted octanol–water partition coefficient (Wildman–Crippen LogP) is 1.88. The fraction of sp³-hybridized carbons (Fsp3) is 0.312. The first-order chi connectivity index (χ1) is 10.8. The number of carbonyl (C=O) groups excluding carboxylic acids is 1. The number of anilines is 3. The fourth-order valence-electron chi connectivity index (χ4n) is 2.86. The van der Waals surface area contributed by atoms with E-state index >= 15 is 0 Å². The van der Waals surface area contributed by atoms with E-state index in [0.717, 1.165) is 24.2 Å². The minimum absolute atomic E-state index is 0.0287. The lowest BCUT2D eigenvalue weighted by molar-refractivity contribution is 0.102. The van der Waals surface area contributed by atoms with Gasteiger partial charge in [0.05, 0.1) is 11.3 Å². The van der Waals surface area contributed by atoms with Crippen LogP contribution in [0.5, 0.6) is 0 Å². The van der Waals surface area contributed by atoms with Gasteiger partial charge in [-0.2, -0.15) is 0 Å². The molecule has 112 valence electrons. The van der Waals surface area contributed by atoms with Crippen LogP contribution in [0.15, 0.2) is 30.6 Å². The van der Waals surface area contributed by atoms with Crippen molar-refractivity contribution in [3.8, 4) is 0 Å². The summed E-state index contributed by atoms with van der Waals surface area (Å²) in [6.45, 7) is 0.0287. The Bertz CT molecular complexity index is 743. The number of nitrogens with zero attached hydrogens (tertiary/aromatic N) is 3. The van der Waals surface area contributed by atoms with Gasteiger partial charge in [0.15, 0.2) is 5.82 Å². The number of carbonyl (C=O) groups is 1. The number of aliphatic hydroxyl groups excluding tert-OH is 1. The van der Waals surface area contributed by atoms with E-state index in [9.17, 15) is 9.90 Å². The van der Waals surface area contributed by atoms with Crippen molar-refractivity contribution in [3.05, 3.63) is 41.7 Å². The van der Waals surface area contributed by atoms with E-state index in [-0.39, 0.29) is 12.5 Å². The summed E-state index contributed by atoms with van der Waals surface area (Å²) in [7, 11) is 0. The molecule has 4 rings (SSSR count). The lowest BCUT2D eigenvalue weighted by Gasteiger charge is -2.24.